The van der Waals surface area contributed by atoms with Gasteiger partial charge in [0.05, 0.1) is 6.04 Å². The van der Waals surface area contributed by atoms with Crippen molar-refractivity contribution >= 4 is 11.7 Å². The Morgan fingerprint density at radius 3 is 2.42 bits per heavy atom. The van der Waals surface area contributed by atoms with Crippen LogP contribution in [0.3, 0.4) is 0 Å². The van der Waals surface area contributed by atoms with Crippen LogP contribution in [0.15, 0.2) is 54.6 Å². The first kappa shape index (κ1) is 16.4. The summed E-state index contributed by atoms with van der Waals surface area (Å²) in [6, 6.07) is 17.1. The van der Waals surface area contributed by atoms with E-state index >= 15 is 0 Å². The van der Waals surface area contributed by atoms with Crippen molar-refractivity contribution in [3.63, 3.8) is 0 Å². The minimum absolute atomic E-state index is 0.123. The monoisotopic (exact) mass is 321 g/mol. The van der Waals surface area contributed by atoms with Crippen LogP contribution in [0.1, 0.15) is 53.2 Å². The van der Waals surface area contributed by atoms with Gasteiger partial charge in [-0.05, 0) is 37.5 Å². The highest BCUT2D eigenvalue weighted by Gasteiger charge is 2.32. The van der Waals surface area contributed by atoms with Gasteiger partial charge in [0.25, 0.3) is 5.91 Å². The Kier molecular flexibility index (Phi) is 5.09. The number of benzene rings is 2. The molecule has 3 heteroatoms. The van der Waals surface area contributed by atoms with Crippen LogP contribution in [0, 0.1) is 12.8 Å². The molecule has 1 fully saturated rings. The van der Waals surface area contributed by atoms with E-state index < -0.39 is 0 Å². The number of Topliss-reactive ketones (excluding diaryl/α,β-unsaturated/α-hetero) is 1. The van der Waals surface area contributed by atoms with Gasteiger partial charge >= 0.3 is 0 Å². The molecule has 3 rings (SSSR count). The predicted molar refractivity (Wildman–Crippen MR) is 94.8 cm³/mol. The summed E-state index contributed by atoms with van der Waals surface area (Å²) in [5.74, 6) is 0.0112. The molecular weight excluding hydrogens is 298 g/mol. The van der Waals surface area contributed by atoms with Crippen molar-refractivity contribution in [2.45, 2.75) is 38.6 Å². The third-order valence-electron chi connectivity index (χ3n) is 4.76. The van der Waals surface area contributed by atoms with Gasteiger partial charge in [0.15, 0.2) is 0 Å². The zero-order valence-electron chi connectivity index (χ0n) is 14.0. The molecule has 1 amide bonds. The van der Waals surface area contributed by atoms with E-state index in [1.54, 1.807) is 0 Å². The molecule has 2 aromatic rings. The number of aryl methyl sites for hydroxylation is 1. The van der Waals surface area contributed by atoms with Crippen molar-refractivity contribution in [3.8, 4) is 0 Å². The Labute approximate surface area is 143 Å². The van der Waals surface area contributed by atoms with Crippen molar-refractivity contribution in [2.75, 3.05) is 0 Å². The second-order valence-corrected chi connectivity index (χ2v) is 6.55. The number of hydrogen-bond acceptors (Lipinski definition) is 2. The topological polar surface area (TPSA) is 46.2 Å². The van der Waals surface area contributed by atoms with Crippen molar-refractivity contribution < 1.29 is 9.59 Å². The normalized spacial score (nSPS) is 18.9. The Morgan fingerprint density at radius 2 is 1.75 bits per heavy atom. The average molecular weight is 321 g/mol. The first-order valence-electron chi connectivity index (χ1n) is 8.60. The highest BCUT2D eigenvalue weighted by atomic mass is 16.2. The molecule has 1 saturated carbocycles. The summed E-state index contributed by atoms with van der Waals surface area (Å²) in [5.41, 5.74) is 2.75. The van der Waals surface area contributed by atoms with Gasteiger partial charge in [-0.15, -0.1) is 0 Å². The highest BCUT2D eigenvalue weighted by Crippen LogP contribution is 2.32. The lowest BCUT2D eigenvalue weighted by atomic mass is 9.80. The van der Waals surface area contributed by atoms with Crippen LogP contribution in [0.25, 0.3) is 0 Å². The number of carbonyl (C=O) groups excluding carboxylic acids is 2. The third-order valence-corrected chi connectivity index (χ3v) is 4.76. The van der Waals surface area contributed by atoms with Gasteiger partial charge in [-0.2, -0.15) is 0 Å². The molecule has 1 N–H and O–H groups in total. The number of hydrogen-bond donors (Lipinski definition) is 1. The minimum Gasteiger partial charge on any atom is -0.345 e. The Morgan fingerprint density at radius 1 is 1.04 bits per heavy atom. The fourth-order valence-electron chi connectivity index (χ4n) is 3.37. The SMILES string of the molecule is Cc1ccc(C(=O)NC(c2ccccc2)C2CCCCC2=O)cc1. The van der Waals surface area contributed by atoms with Gasteiger partial charge in [-0.25, -0.2) is 0 Å². The van der Waals surface area contributed by atoms with Gasteiger partial charge < -0.3 is 5.32 Å². The van der Waals surface area contributed by atoms with E-state index in [0.29, 0.717) is 12.0 Å². The third kappa shape index (κ3) is 3.73. The molecular formula is C21H23NO2. The molecule has 2 atom stereocenters. The van der Waals surface area contributed by atoms with Gasteiger partial charge in [0.1, 0.15) is 5.78 Å². The second-order valence-electron chi connectivity index (χ2n) is 6.55. The summed E-state index contributed by atoms with van der Waals surface area (Å²) in [4.78, 5) is 25.1. The Balaban J connectivity index is 1.85. The molecule has 2 unspecified atom stereocenters. The van der Waals surface area contributed by atoms with Crippen molar-refractivity contribution in [1.82, 2.24) is 5.32 Å². The maximum Gasteiger partial charge on any atom is 0.251 e. The first-order valence-corrected chi connectivity index (χ1v) is 8.60. The number of nitrogens with one attached hydrogen (secondary N) is 1. The summed E-state index contributed by atoms with van der Waals surface area (Å²) in [7, 11) is 0. The smallest absolute Gasteiger partial charge is 0.251 e. The van der Waals surface area contributed by atoms with E-state index in [0.717, 1.165) is 30.4 Å². The lowest BCUT2D eigenvalue weighted by Crippen LogP contribution is -2.38. The van der Waals surface area contributed by atoms with E-state index in [2.05, 4.69) is 5.32 Å². The fourth-order valence-corrected chi connectivity index (χ4v) is 3.37. The summed E-state index contributed by atoms with van der Waals surface area (Å²) in [6.07, 6.45) is 3.46. The molecule has 0 spiro atoms. The second kappa shape index (κ2) is 7.43. The van der Waals surface area contributed by atoms with Crippen LogP contribution >= 0.6 is 0 Å². The van der Waals surface area contributed by atoms with E-state index in [-0.39, 0.29) is 23.7 Å². The first-order chi connectivity index (χ1) is 11.6. The van der Waals surface area contributed by atoms with Gasteiger partial charge in [0, 0.05) is 17.9 Å². The van der Waals surface area contributed by atoms with Gasteiger partial charge in [-0.1, -0.05) is 54.4 Å². The molecule has 0 radical (unpaired) electrons. The van der Waals surface area contributed by atoms with Crippen LogP contribution < -0.4 is 5.32 Å². The molecule has 0 aliphatic heterocycles. The van der Waals surface area contributed by atoms with Crippen LogP contribution in [0.4, 0.5) is 0 Å². The number of carbonyl (C=O) groups is 2. The Bertz CT molecular complexity index is 706. The van der Waals surface area contributed by atoms with Crippen LogP contribution in [-0.4, -0.2) is 11.7 Å². The van der Waals surface area contributed by atoms with Crippen LogP contribution in [0.5, 0.6) is 0 Å². The molecule has 0 bridgehead atoms. The minimum atomic E-state index is -0.257. The van der Waals surface area contributed by atoms with Crippen molar-refractivity contribution in [2.24, 2.45) is 5.92 Å². The molecule has 1 aliphatic carbocycles. The lowest BCUT2D eigenvalue weighted by molar-refractivity contribution is -0.125. The molecule has 0 aromatic heterocycles. The standard InChI is InChI=1S/C21H23NO2/c1-15-11-13-17(14-12-15)21(24)22-20(16-7-3-2-4-8-16)18-9-5-6-10-19(18)23/h2-4,7-8,11-14,18,20H,5-6,9-10H2,1H3,(H,22,24). The van der Waals surface area contributed by atoms with Gasteiger partial charge in [0.2, 0.25) is 0 Å². The molecule has 24 heavy (non-hydrogen) atoms. The van der Waals surface area contributed by atoms with E-state index in [4.69, 9.17) is 0 Å². The number of rotatable bonds is 4. The zero-order valence-corrected chi connectivity index (χ0v) is 14.0. The van der Waals surface area contributed by atoms with Crippen LogP contribution in [-0.2, 0) is 4.79 Å². The van der Waals surface area contributed by atoms with E-state index in [1.165, 1.54) is 0 Å². The molecule has 0 saturated heterocycles. The number of amides is 1. The summed E-state index contributed by atoms with van der Waals surface area (Å²) < 4.78 is 0. The highest BCUT2D eigenvalue weighted by molar-refractivity contribution is 5.95. The predicted octanol–water partition coefficient (Wildman–Crippen LogP) is 4.23. The summed E-state index contributed by atoms with van der Waals surface area (Å²) in [5, 5.41) is 3.11. The molecule has 124 valence electrons. The fraction of sp³-hybridized carbons (Fsp3) is 0.333. The van der Waals surface area contributed by atoms with E-state index in [1.807, 2.05) is 61.5 Å². The zero-order chi connectivity index (χ0) is 16.9. The summed E-state index contributed by atoms with van der Waals surface area (Å²) in [6.45, 7) is 2.00. The molecule has 3 nitrogen and oxygen atoms in total. The quantitative estimate of drug-likeness (QED) is 0.916. The van der Waals surface area contributed by atoms with Gasteiger partial charge in [-0.3, -0.25) is 9.59 Å². The molecule has 1 aliphatic rings. The Hall–Kier alpha value is -2.42. The van der Waals surface area contributed by atoms with Crippen molar-refractivity contribution in [1.29, 1.82) is 0 Å². The van der Waals surface area contributed by atoms with E-state index in [9.17, 15) is 9.59 Å². The van der Waals surface area contributed by atoms with Crippen LogP contribution in [0.2, 0.25) is 0 Å². The summed E-state index contributed by atoms with van der Waals surface area (Å²) >= 11 is 0. The largest absolute Gasteiger partial charge is 0.345 e. The maximum atomic E-state index is 12.7. The number of ketones is 1. The van der Waals surface area contributed by atoms with Crippen molar-refractivity contribution in [3.05, 3.63) is 71.3 Å². The average Bonchev–Trinajstić information content (AvgIpc) is 2.61. The molecule has 2 aromatic carbocycles. The molecule has 0 heterocycles. The maximum absolute atomic E-state index is 12.7. The lowest BCUT2D eigenvalue weighted by Gasteiger charge is -2.30.